The van der Waals surface area contributed by atoms with Gasteiger partial charge in [0.1, 0.15) is 0 Å². The molecule has 0 fully saturated rings. The topological polar surface area (TPSA) is 0 Å². The van der Waals surface area contributed by atoms with Crippen LogP contribution in [0, 0.1) is 5.92 Å². The van der Waals surface area contributed by atoms with E-state index < -0.39 is 0 Å². The van der Waals surface area contributed by atoms with Crippen molar-refractivity contribution in [3.8, 4) is 0 Å². The minimum absolute atomic E-state index is 0.559. The Bertz CT molecular complexity index is 660. The standard InChI is InChI=1S/C19H22/c1-14(2)5-6-16-7-9-17-11-12-18(15(3)4)13-19(17)10-8-16/h5-9,11-15H,1-4H3. The molecule has 0 aliphatic heterocycles. The first-order chi connectivity index (χ1) is 9.06. The van der Waals surface area contributed by atoms with Gasteiger partial charge in [0.15, 0.2) is 0 Å². The summed E-state index contributed by atoms with van der Waals surface area (Å²) in [5.74, 6) is 1.14. The number of rotatable bonds is 3. The molecule has 0 radical (unpaired) electrons. The number of fused-ring (bicyclic) bond motifs is 1. The van der Waals surface area contributed by atoms with Crippen LogP contribution in [-0.4, -0.2) is 0 Å². The summed E-state index contributed by atoms with van der Waals surface area (Å²) >= 11 is 0. The third-order valence-electron chi connectivity index (χ3n) is 3.27. The highest BCUT2D eigenvalue weighted by atomic mass is 14.0. The summed E-state index contributed by atoms with van der Waals surface area (Å²) in [5.41, 5.74) is 5.99. The van der Waals surface area contributed by atoms with Gasteiger partial charge >= 0.3 is 0 Å². The van der Waals surface area contributed by atoms with E-state index in [4.69, 9.17) is 0 Å². The van der Waals surface area contributed by atoms with Crippen molar-refractivity contribution in [2.45, 2.75) is 33.6 Å². The Hall–Kier alpha value is -1.78. The summed E-state index contributed by atoms with van der Waals surface area (Å²) < 4.78 is 0. The normalized spacial score (nSPS) is 14.1. The molecule has 0 atom stereocenters. The maximum absolute atomic E-state index is 3.42. The Morgan fingerprint density at radius 3 is 2.53 bits per heavy atom. The molecule has 0 unspecified atom stereocenters. The second kappa shape index (κ2) is 5.91. The molecule has 19 heavy (non-hydrogen) atoms. The van der Waals surface area contributed by atoms with Gasteiger partial charge in [0, 0.05) is 5.22 Å². The number of benzene rings is 1. The van der Waals surface area contributed by atoms with Gasteiger partial charge in [-0.1, -0.05) is 64.1 Å². The molecule has 0 spiro atoms. The lowest BCUT2D eigenvalue weighted by molar-refractivity contribution is 0.831. The van der Waals surface area contributed by atoms with Crippen LogP contribution in [-0.2, 0) is 0 Å². The SMILES string of the molecule is CC(C)C=CC1=CC=c2ccc(C(C)C)cc2=C=C1. The minimum atomic E-state index is 0.559. The van der Waals surface area contributed by atoms with Gasteiger partial charge in [-0.25, -0.2) is 0 Å². The summed E-state index contributed by atoms with van der Waals surface area (Å²) in [6, 6.07) is 6.65. The highest BCUT2D eigenvalue weighted by Crippen LogP contribution is 2.10. The smallest absolute Gasteiger partial charge is 0.0240 e. The summed E-state index contributed by atoms with van der Waals surface area (Å²) in [4.78, 5) is 0. The van der Waals surface area contributed by atoms with Gasteiger partial charge in [-0.2, -0.15) is 0 Å². The van der Waals surface area contributed by atoms with Crippen LogP contribution in [0.2, 0.25) is 0 Å². The summed E-state index contributed by atoms with van der Waals surface area (Å²) in [5, 5.41) is 2.43. The van der Waals surface area contributed by atoms with Crippen molar-refractivity contribution < 1.29 is 0 Å². The zero-order valence-electron chi connectivity index (χ0n) is 12.3. The van der Waals surface area contributed by atoms with Crippen molar-refractivity contribution in [3.63, 3.8) is 0 Å². The van der Waals surface area contributed by atoms with Crippen LogP contribution in [0.25, 0.3) is 11.8 Å². The Labute approximate surface area is 116 Å². The van der Waals surface area contributed by atoms with Crippen LogP contribution in [0.4, 0.5) is 0 Å². The molecule has 0 bridgehead atoms. The van der Waals surface area contributed by atoms with Crippen molar-refractivity contribution in [1.29, 1.82) is 0 Å². The molecule has 0 amide bonds. The van der Waals surface area contributed by atoms with E-state index >= 15 is 0 Å². The Morgan fingerprint density at radius 1 is 1.05 bits per heavy atom. The number of hydrogen-bond donors (Lipinski definition) is 0. The Kier molecular flexibility index (Phi) is 4.24. The Balaban J connectivity index is 2.46. The number of allylic oxidation sites excluding steroid dienone is 5. The van der Waals surface area contributed by atoms with Crippen molar-refractivity contribution in [2.75, 3.05) is 0 Å². The van der Waals surface area contributed by atoms with E-state index in [2.05, 4.69) is 82.0 Å². The van der Waals surface area contributed by atoms with Crippen LogP contribution in [0.3, 0.4) is 0 Å². The predicted molar refractivity (Wildman–Crippen MR) is 84.3 cm³/mol. The van der Waals surface area contributed by atoms with Gasteiger partial charge in [-0.15, -0.1) is 5.73 Å². The molecule has 0 saturated carbocycles. The van der Waals surface area contributed by atoms with E-state index in [0.29, 0.717) is 11.8 Å². The quantitative estimate of drug-likeness (QED) is 0.767. The molecule has 98 valence electrons. The fraction of sp³-hybridized carbons (Fsp3) is 0.316. The molecular weight excluding hydrogens is 228 g/mol. The van der Waals surface area contributed by atoms with Crippen LogP contribution < -0.4 is 10.4 Å². The molecule has 1 aliphatic rings. The molecule has 0 heteroatoms. The zero-order valence-corrected chi connectivity index (χ0v) is 12.3. The first-order valence-corrected chi connectivity index (χ1v) is 7.03. The van der Waals surface area contributed by atoms with Crippen LogP contribution in [0.15, 0.2) is 48.1 Å². The highest BCUT2D eigenvalue weighted by molar-refractivity contribution is 5.53. The van der Waals surface area contributed by atoms with Gasteiger partial charge < -0.3 is 0 Å². The molecule has 0 N–H and O–H groups in total. The van der Waals surface area contributed by atoms with Crippen LogP contribution >= 0.6 is 0 Å². The van der Waals surface area contributed by atoms with Crippen molar-refractivity contribution in [1.82, 2.24) is 0 Å². The molecule has 0 aromatic heterocycles. The van der Waals surface area contributed by atoms with E-state index in [0.717, 1.165) is 0 Å². The lowest BCUT2D eigenvalue weighted by Gasteiger charge is -2.03. The summed E-state index contributed by atoms with van der Waals surface area (Å²) in [7, 11) is 0. The Morgan fingerprint density at radius 2 is 1.84 bits per heavy atom. The highest BCUT2D eigenvalue weighted by Gasteiger charge is 1.99. The second-order valence-corrected chi connectivity index (χ2v) is 5.73. The lowest BCUT2D eigenvalue weighted by Crippen LogP contribution is -2.23. The maximum atomic E-state index is 3.42. The molecular formula is C19H22. The second-order valence-electron chi connectivity index (χ2n) is 5.73. The average Bonchev–Trinajstić information content (AvgIpc) is 2.57. The van der Waals surface area contributed by atoms with Gasteiger partial charge in [-0.05, 0) is 40.3 Å². The fourth-order valence-electron chi connectivity index (χ4n) is 2.01. The fourth-order valence-corrected chi connectivity index (χ4v) is 2.01. The van der Waals surface area contributed by atoms with Crippen molar-refractivity contribution >= 4 is 11.8 Å². The predicted octanol–water partition coefficient (Wildman–Crippen LogP) is 3.68. The molecule has 1 aliphatic carbocycles. The maximum Gasteiger partial charge on any atom is 0.0240 e. The first-order valence-electron chi connectivity index (χ1n) is 7.03. The van der Waals surface area contributed by atoms with E-state index in [9.17, 15) is 0 Å². The summed E-state index contributed by atoms with van der Waals surface area (Å²) in [6.45, 7) is 8.82. The molecule has 0 saturated heterocycles. The molecule has 1 aromatic carbocycles. The lowest BCUT2D eigenvalue weighted by atomic mass is 10.0. The van der Waals surface area contributed by atoms with E-state index in [1.807, 2.05) is 0 Å². The molecule has 0 heterocycles. The van der Waals surface area contributed by atoms with Gasteiger partial charge in [0.05, 0.1) is 0 Å². The van der Waals surface area contributed by atoms with Gasteiger partial charge in [-0.3, -0.25) is 0 Å². The third kappa shape index (κ3) is 3.59. The monoisotopic (exact) mass is 250 g/mol. The van der Waals surface area contributed by atoms with Gasteiger partial charge in [0.2, 0.25) is 0 Å². The van der Waals surface area contributed by atoms with E-state index in [-0.39, 0.29) is 0 Å². The largest absolute Gasteiger partial charge is 0.112 e. The van der Waals surface area contributed by atoms with Crippen LogP contribution in [0.5, 0.6) is 0 Å². The van der Waals surface area contributed by atoms with Crippen molar-refractivity contribution in [3.05, 3.63) is 64.1 Å². The average molecular weight is 250 g/mol. The molecule has 0 nitrogen and oxygen atoms in total. The number of hydrogen-bond acceptors (Lipinski definition) is 0. The third-order valence-corrected chi connectivity index (χ3v) is 3.27. The van der Waals surface area contributed by atoms with Gasteiger partial charge in [0.25, 0.3) is 0 Å². The minimum Gasteiger partial charge on any atom is -0.112 e. The zero-order chi connectivity index (χ0) is 13.8. The van der Waals surface area contributed by atoms with E-state index in [1.54, 1.807) is 0 Å². The molecule has 1 aromatic rings. The first kappa shape index (κ1) is 13.6. The van der Waals surface area contributed by atoms with Crippen molar-refractivity contribution in [2.24, 2.45) is 5.92 Å². The molecule has 2 rings (SSSR count). The summed E-state index contributed by atoms with van der Waals surface area (Å²) in [6.07, 6.45) is 10.8. The van der Waals surface area contributed by atoms with E-state index in [1.165, 1.54) is 21.6 Å². The van der Waals surface area contributed by atoms with Crippen LogP contribution in [0.1, 0.15) is 39.2 Å².